The summed E-state index contributed by atoms with van der Waals surface area (Å²) >= 11 is 0.806. The number of ketones is 1. The first-order valence-electron chi connectivity index (χ1n) is 8.82. The lowest BCUT2D eigenvalue weighted by atomic mass is 9.98. The van der Waals surface area contributed by atoms with Gasteiger partial charge in [0.2, 0.25) is 0 Å². The Hall–Kier alpha value is -3.52. The van der Waals surface area contributed by atoms with E-state index in [2.05, 4.69) is 10.3 Å². The number of amides is 1. The minimum atomic E-state index is -1.33. The van der Waals surface area contributed by atoms with Gasteiger partial charge >= 0.3 is 12.1 Å². The molecular formula is C21H16N2O5S. The van der Waals surface area contributed by atoms with Crippen LogP contribution in [0.2, 0.25) is 0 Å². The molecule has 0 aliphatic heterocycles. The van der Waals surface area contributed by atoms with Crippen molar-refractivity contribution in [2.24, 2.45) is 0 Å². The lowest BCUT2D eigenvalue weighted by Crippen LogP contribution is -2.18. The monoisotopic (exact) mass is 408 g/mol. The Morgan fingerprint density at radius 1 is 1.07 bits per heavy atom. The topological polar surface area (TPSA) is 106 Å². The van der Waals surface area contributed by atoms with E-state index in [-0.39, 0.29) is 28.2 Å². The zero-order chi connectivity index (χ0) is 20.5. The van der Waals surface area contributed by atoms with Crippen molar-refractivity contribution in [2.75, 3.05) is 11.9 Å². The number of carboxylic acid groups (broad SMARTS) is 1. The Balaban J connectivity index is 1.49. The standard InChI is InChI=1S/C21H16N2O5S/c1-11(24)18-17(19(25)26)22-20(29-18)23-21(27)28-10-16-14-8-4-2-6-12(14)13-7-3-5-9-15(13)16/h2-9,16H,10H2,1H3,(H,25,26)(H,22,23,27). The SMILES string of the molecule is CC(=O)c1sc(NC(=O)OCC2c3ccccc3-c3ccccc32)nc1C(=O)O. The summed E-state index contributed by atoms with van der Waals surface area (Å²) in [5, 5.41) is 11.6. The lowest BCUT2D eigenvalue weighted by Gasteiger charge is -2.14. The van der Waals surface area contributed by atoms with Crippen LogP contribution in [0.3, 0.4) is 0 Å². The fourth-order valence-electron chi connectivity index (χ4n) is 3.48. The summed E-state index contributed by atoms with van der Waals surface area (Å²) in [6.07, 6.45) is -0.757. The number of anilines is 1. The van der Waals surface area contributed by atoms with Gasteiger partial charge in [-0.2, -0.15) is 0 Å². The highest BCUT2D eigenvalue weighted by atomic mass is 32.1. The summed E-state index contributed by atoms with van der Waals surface area (Å²) in [7, 11) is 0. The highest BCUT2D eigenvalue weighted by Crippen LogP contribution is 2.44. The molecule has 0 saturated carbocycles. The van der Waals surface area contributed by atoms with Crippen molar-refractivity contribution in [1.82, 2.24) is 4.98 Å². The van der Waals surface area contributed by atoms with E-state index in [0.29, 0.717) is 0 Å². The van der Waals surface area contributed by atoms with E-state index in [9.17, 15) is 14.4 Å². The highest BCUT2D eigenvalue weighted by molar-refractivity contribution is 7.18. The molecule has 2 N–H and O–H groups in total. The molecule has 0 fully saturated rings. The number of carbonyl (C=O) groups is 3. The van der Waals surface area contributed by atoms with Gasteiger partial charge in [0.05, 0.1) is 0 Å². The number of hydrogen-bond donors (Lipinski definition) is 2. The van der Waals surface area contributed by atoms with Crippen molar-refractivity contribution in [3.05, 3.63) is 70.2 Å². The summed E-state index contributed by atoms with van der Waals surface area (Å²) in [5.74, 6) is -1.85. The maximum atomic E-state index is 12.3. The van der Waals surface area contributed by atoms with Crippen LogP contribution in [0.4, 0.5) is 9.93 Å². The third-order valence-corrected chi connectivity index (χ3v) is 5.77. The van der Waals surface area contributed by atoms with Crippen LogP contribution >= 0.6 is 11.3 Å². The Bertz CT molecular complexity index is 1060. The fourth-order valence-corrected chi connectivity index (χ4v) is 4.32. The molecule has 7 nitrogen and oxygen atoms in total. The van der Waals surface area contributed by atoms with Crippen LogP contribution in [0.1, 0.15) is 44.1 Å². The molecule has 1 aliphatic rings. The Labute approximate surface area is 170 Å². The van der Waals surface area contributed by atoms with Gasteiger partial charge in [-0.3, -0.25) is 10.1 Å². The van der Waals surface area contributed by atoms with E-state index in [1.165, 1.54) is 6.92 Å². The first kappa shape index (κ1) is 18.8. The van der Waals surface area contributed by atoms with Crippen LogP contribution in [0.25, 0.3) is 11.1 Å². The number of carbonyl (C=O) groups excluding carboxylic acids is 2. The van der Waals surface area contributed by atoms with E-state index < -0.39 is 17.8 Å². The number of hydrogen-bond acceptors (Lipinski definition) is 6. The van der Waals surface area contributed by atoms with Crippen molar-refractivity contribution in [2.45, 2.75) is 12.8 Å². The maximum Gasteiger partial charge on any atom is 0.413 e. The molecule has 1 amide bonds. The minimum Gasteiger partial charge on any atom is -0.476 e. The van der Waals surface area contributed by atoms with E-state index in [1.54, 1.807) is 0 Å². The third-order valence-electron chi connectivity index (χ3n) is 4.70. The molecule has 4 rings (SSSR count). The number of benzene rings is 2. The number of ether oxygens (including phenoxy) is 1. The largest absolute Gasteiger partial charge is 0.476 e. The molecule has 8 heteroatoms. The smallest absolute Gasteiger partial charge is 0.413 e. The number of thiazole rings is 1. The molecule has 1 aliphatic carbocycles. The van der Waals surface area contributed by atoms with E-state index >= 15 is 0 Å². The van der Waals surface area contributed by atoms with Crippen LogP contribution in [0, 0.1) is 0 Å². The fraction of sp³-hybridized carbons (Fsp3) is 0.143. The molecule has 2 aromatic carbocycles. The summed E-state index contributed by atoms with van der Waals surface area (Å²) in [6, 6.07) is 16.0. The number of fused-ring (bicyclic) bond motifs is 3. The van der Waals surface area contributed by atoms with Crippen molar-refractivity contribution in [1.29, 1.82) is 0 Å². The average molecular weight is 408 g/mol. The quantitative estimate of drug-likeness (QED) is 0.606. The van der Waals surface area contributed by atoms with Gasteiger partial charge < -0.3 is 9.84 Å². The van der Waals surface area contributed by atoms with Crippen LogP contribution in [0.5, 0.6) is 0 Å². The first-order valence-corrected chi connectivity index (χ1v) is 9.64. The number of aromatic carboxylic acids is 1. The molecule has 146 valence electrons. The maximum absolute atomic E-state index is 12.3. The van der Waals surface area contributed by atoms with Crippen LogP contribution in [-0.2, 0) is 4.74 Å². The highest BCUT2D eigenvalue weighted by Gasteiger charge is 2.29. The average Bonchev–Trinajstić information content (AvgIpc) is 3.26. The van der Waals surface area contributed by atoms with Crippen LogP contribution in [-0.4, -0.2) is 34.5 Å². The molecule has 0 bridgehead atoms. The predicted octanol–water partition coefficient (Wildman–Crippen LogP) is 4.40. The van der Waals surface area contributed by atoms with Gasteiger partial charge in [0.25, 0.3) is 0 Å². The molecule has 3 aromatic rings. The van der Waals surface area contributed by atoms with Crippen LogP contribution < -0.4 is 5.32 Å². The number of nitrogens with zero attached hydrogens (tertiary/aromatic N) is 1. The summed E-state index contributed by atoms with van der Waals surface area (Å²) < 4.78 is 5.40. The van der Waals surface area contributed by atoms with E-state index in [1.807, 2.05) is 48.5 Å². The van der Waals surface area contributed by atoms with Gasteiger partial charge in [-0.25, -0.2) is 14.6 Å². The first-order chi connectivity index (χ1) is 14.0. The van der Waals surface area contributed by atoms with E-state index in [0.717, 1.165) is 33.6 Å². The zero-order valence-corrected chi connectivity index (χ0v) is 16.2. The van der Waals surface area contributed by atoms with Gasteiger partial charge in [0.15, 0.2) is 16.6 Å². The number of nitrogens with one attached hydrogen (secondary N) is 1. The minimum absolute atomic E-state index is 0.00447. The van der Waals surface area contributed by atoms with E-state index in [4.69, 9.17) is 9.84 Å². The predicted molar refractivity (Wildman–Crippen MR) is 108 cm³/mol. The second-order valence-corrected chi connectivity index (χ2v) is 7.51. The van der Waals surface area contributed by atoms with Crippen molar-refractivity contribution >= 4 is 34.3 Å². The second-order valence-electron chi connectivity index (χ2n) is 6.51. The summed E-state index contributed by atoms with van der Waals surface area (Å²) in [5.41, 5.74) is 4.03. The van der Waals surface area contributed by atoms with Gasteiger partial charge in [-0.05, 0) is 22.3 Å². The number of carboxylic acids is 1. The molecule has 0 saturated heterocycles. The third kappa shape index (κ3) is 3.50. The normalized spacial score (nSPS) is 12.2. The van der Waals surface area contributed by atoms with Gasteiger partial charge in [-0.15, -0.1) is 0 Å². The molecule has 0 spiro atoms. The van der Waals surface area contributed by atoms with Crippen molar-refractivity contribution in [3.63, 3.8) is 0 Å². The summed E-state index contributed by atoms with van der Waals surface area (Å²) in [4.78, 5) is 38.8. The zero-order valence-electron chi connectivity index (χ0n) is 15.3. The molecule has 0 unspecified atom stereocenters. The Morgan fingerprint density at radius 3 is 2.17 bits per heavy atom. The number of Topliss-reactive ketones (excluding diaryl/α,β-unsaturated/α-hetero) is 1. The lowest BCUT2D eigenvalue weighted by molar-refractivity contribution is 0.0687. The molecule has 0 atom stereocenters. The molecule has 0 radical (unpaired) electrons. The molecule has 29 heavy (non-hydrogen) atoms. The van der Waals surface area contributed by atoms with Gasteiger partial charge in [-0.1, -0.05) is 59.9 Å². The van der Waals surface area contributed by atoms with Crippen LogP contribution in [0.15, 0.2) is 48.5 Å². The number of aromatic nitrogens is 1. The number of rotatable bonds is 5. The van der Waals surface area contributed by atoms with Crippen molar-refractivity contribution < 1.29 is 24.2 Å². The van der Waals surface area contributed by atoms with Gasteiger partial charge in [0, 0.05) is 12.8 Å². The Morgan fingerprint density at radius 2 is 1.66 bits per heavy atom. The summed E-state index contributed by atoms with van der Waals surface area (Å²) in [6.45, 7) is 1.37. The van der Waals surface area contributed by atoms with Gasteiger partial charge in [0.1, 0.15) is 11.5 Å². The second kappa shape index (κ2) is 7.48. The molecular weight excluding hydrogens is 392 g/mol. The molecule has 1 heterocycles. The molecule has 1 aromatic heterocycles. The Kier molecular flexibility index (Phi) is 4.85. The van der Waals surface area contributed by atoms with Crippen molar-refractivity contribution in [3.8, 4) is 11.1 Å².